The predicted octanol–water partition coefficient (Wildman–Crippen LogP) is 5.13. The molecule has 0 fully saturated rings. The maximum Gasteiger partial charge on any atom is 0.433 e. The van der Waals surface area contributed by atoms with Gasteiger partial charge in [-0.25, -0.2) is 14.3 Å². The highest BCUT2D eigenvalue weighted by molar-refractivity contribution is 6.30. The molecule has 0 aliphatic heterocycles. The van der Waals surface area contributed by atoms with Crippen molar-refractivity contribution in [1.29, 1.82) is 0 Å². The quantitative estimate of drug-likeness (QED) is 0.288. The number of alkyl halides is 3. The summed E-state index contributed by atoms with van der Waals surface area (Å²) in [4.78, 5) is 28.4. The summed E-state index contributed by atoms with van der Waals surface area (Å²) < 4.78 is 45.6. The lowest BCUT2D eigenvalue weighted by Gasteiger charge is -2.11. The van der Waals surface area contributed by atoms with Crippen molar-refractivity contribution in [3.63, 3.8) is 0 Å². The van der Waals surface area contributed by atoms with Crippen LogP contribution in [0.1, 0.15) is 21.6 Å². The van der Waals surface area contributed by atoms with E-state index in [4.69, 9.17) is 16.3 Å². The zero-order valence-electron chi connectivity index (χ0n) is 19.6. The average molecular weight is 540 g/mol. The number of ether oxygens (including phenoxy) is 1. The van der Waals surface area contributed by atoms with Gasteiger partial charge in [-0.05, 0) is 47.0 Å². The van der Waals surface area contributed by atoms with E-state index in [0.29, 0.717) is 38.4 Å². The van der Waals surface area contributed by atoms with Crippen LogP contribution in [0.15, 0.2) is 77.9 Å². The first kappa shape index (κ1) is 25.2. The molecule has 5 rings (SSSR count). The molecule has 0 radical (unpaired) electrons. The molecule has 38 heavy (non-hydrogen) atoms. The number of pyridine rings is 1. The lowest BCUT2D eigenvalue weighted by atomic mass is 9.96. The molecule has 0 aliphatic rings. The highest BCUT2D eigenvalue weighted by Crippen LogP contribution is 2.35. The van der Waals surface area contributed by atoms with Crippen molar-refractivity contribution >= 4 is 23.2 Å². The summed E-state index contributed by atoms with van der Waals surface area (Å²) in [5.41, 5.74) is 1.94. The first-order valence-corrected chi connectivity index (χ1v) is 11.5. The SMILES string of the molecule is COC(=O)c1ccc(-c2cnn3c(=O)n(Cc4ccc(C(F)(F)F)nc4)nc3c2-c2ccc(Cl)cc2)cc1. The minimum Gasteiger partial charge on any atom is -0.465 e. The summed E-state index contributed by atoms with van der Waals surface area (Å²) in [6, 6.07) is 15.7. The first-order chi connectivity index (χ1) is 18.2. The molecule has 0 atom stereocenters. The molecule has 12 heteroatoms. The zero-order valence-corrected chi connectivity index (χ0v) is 20.4. The molecule has 192 valence electrons. The third-order valence-electron chi connectivity index (χ3n) is 5.81. The molecule has 0 saturated carbocycles. The number of esters is 1. The van der Waals surface area contributed by atoms with Crippen LogP contribution in [0.2, 0.25) is 5.02 Å². The molecular formula is C26H17ClF3N5O3. The fourth-order valence-corrected chi connectivity index (χ4v) is 4.07. The third-order valence-corrected chi connectivity index (χ3v) is 6.06. The van der Waals surface area contributed by atoms with Crippen LogP contribution in [0, 0.1) is 0 Å². The Morgan fingerprint density at radius 3 is 2.26 bits per heavy atom. The second kappa shape index (κ2) is 9.75. The molecule has 0 N–H and O–H groups in total. The maximum absolute atomic E-state index is 13.1. The van der Waals surface area contributed by atoms with E-state index in [9.17, 15) is 22.8 Å². The number of hydrogen-bond acceptors (Lipinski definition) is 6. The Bertz CT molecular complexity index is 1700. The average Bonchev–Trinajstić information content (AvgIpc) is 3.23. The van der Waals surface area contributed by atoms with Gasteiger partial charge >= 0.3 is 17.8 Å². The number of methoxy groups -OCH3 is 1. The fourth-order valence-electron chi connectivity index (χ4n) is 3.95. The normalized spacial score (nSPS) is 11.6. The van der Waals surface area contributed by atoms with Gasteiger partial charge in [-0.1, -0.05) is 41.9 Å². The topological polar surface area (TPSA) is 91.4 Å². The number of carbonyl (C=O) groups excluding carboxylic acids is 1. The summed E-state index contributed by atoms with van der Waals surface area (Å²) in [7, 11) is 1.29. The van der Waals surface area contributed by atoms with Crippen molar-refractivity contribution < 1.29 is 22.7 Å². The number of nitrogens with zero attached hydrogens (tertiary/aromatic N) is 5. The van der Waals surface area contributed by atoms with Crippen LogP contribution in [0.3, 0.4) is 0 Å². The van der Waals surface area contributed by atoms with Crippen molar-refractivity contribution in [2.45, 2.75) is 12.7 Å². The van der Waals surface area contributed by atoms with Crippen molar-refractivity contribution in [1.82, 2.24) is 24.4 Å². The molecule has 0 saturated heterocycles. The number of benzene rings is 2. The number of rotatable bonds is 5. The first-order valence-electron chi connectivity index (χ1n) is 11.1. The second-order valence-electron chi connectivity index (χ2n) is 8.23. The molecule has 0 amide bonds. The largest absolute Gasteiger partial charge is 0.465 e. The number of aromatic nitrogens is 5. The standard InChI is InChI=1S/C26H17ClF3N5O3/c1-38-24(36)18-5-3-16(4-6-18)20-13-32-35-23(22(20)17-7-9-19(27)10-8-17)33-34(25(35)37)14-15-2-11-21(31-12-15)26(28,29)30/h2-13H,14H2,1H3. The summed E-state index contributed by atoms with van der Waals surface area (Å²) in [6.45, 7) is -0.115. The van der Waals surface area contributed by atoms with Gasteiger partial charge in [0, 0.05) is 22.3 Å². The van der Waals surface area contributed by atoms with Gasteiger partial charge < -0.3 is 4.74 Å². The summed E-state index contributed by atoms with van der Waals surface area (Å²) in [5, 5.41) is 9.27. The number of carbonyl (C=O) groups is 1. The van der Waals surface area contributed by atoms with Crippen LogP contribution in [0.25, 0.3) is 27.9 Å². The summed E-state index contributed by atoms with van der Waals surface area (Å²) in [6.07, 6.45) is -2.00. The van der Waals surface area contributed by atoms with Crippen molar-refractivity contribution in [3.8, 4) is 22.3 Å². The van der Waals surface area contributed by atoms with Crippen LogP contribution < -0.4 is 5.69 Å². The van der Waals surface area contributed by atoms with Gasteiger partial charge in [0.05, 0.1) is 25.4 Å². The molecule has 3 aromatic heterocycles. The van der Waals surface area contributed by atoms with E-state index < -0.39 is 23.5 Å². The fraction of sp³-hybridized carbons (Fsp3) is 0.115. The van der Waals surface area contributed by atoms with Gasteiger partial charge in [0.25, 0.3) is 0 Å². The molecule has 0 spiro atoms. The number of hydrogen-bond donors (Lipinski definition) is 0. The van der Waals surface area contributed by atoms with E-state index in [1.165, 1.54) is 19.4 Å². The van der Waals surface area contributed by atoms with E-state index in [0.717, 1.165) is 21.5 Å². The molecule has 3 heterocycles. The minimum absolute atomic E-state index is 0.115. The highest BCUT2D eigenvalue weighted by Gasteiger charge is 2.32. The molecule has 5 aromatic rings. The van der Waals surface area contributed by atoms with Crippen LogP contribution in [0.4, 0.5) is 13.2 Å². The Labute approximate surface area is 217 Å². The second-order valence-corrected chi connectivity index (χ2v) is 8.67. The lowest BCUT2D eigenvalue weighted by Crippen LogP contribution is -2.23. The highest BCUT2D eigenvalue weighted by atomic mass is 35.5. The van der Waals surface area contributed by atoms with Crippen LogP contribution >= 0.6 is 11.6 Å². The Hall–Kier alpha value is -4.51. The van der Waals surface area contributed by atoms with Crippen molar-refractivity contribution in [3.05, 3.63) is 105 Å². The van der Waals surface area contributed by atoms with Gasteiger partial charge in [-0.3, -0.25) is 4.98 Å². The van der Waals surface area contributed by atoms with Gasteiger partial charge in [0.15, 0.2) is 5.65 Å². The monoisotopic (exact) mass is 539 g/mol. The Morgan fingerprint density at radius 1 is 0.974 bits per heavy atom. The van der Waals surface area contributed by atoms with E-state index in [2.05, 4.69) is 15.2 Å². The molecule has 0 unspecified atom stereocenters. The van der Waals surface area contributed by atoms with Crippen LogP contribution in [-0.4, -0.2) is 37.5 Å². The van der Waals surface area contributed by atoms with Crippen molar-refractivity contribution in [2.24, 2.45) is 0 Å². The van der Waals surface area contributed by atoms with Crippen LogP contribution in [-0.2, 0) is 17.5 Å². The maximum atomic E-state index is 13.1. The van der Waals surface area contributed by atoms with Gasteiger partial charge in [-0.15, -0.1) is 5.10 Å². The number of halogens is 4. The van der Waals surface area contributed by atoms with Crippen LogP contribution in [0.5, 0.6) is 0 Å². The van der Waals surface area contributed by atoms with E-state index in [1.807, 2.05) is 0 Å². The van der Waals surface area contributed by atoms with Crippen molar-refractivity contribution in [2.75, 3.05) is 7.11 Å². The molecule has 0 aliphatic carbocycles. The van der Waals surface area contributed by atoms with E-state index >= 15 is 0 Å². The van der Waals surface area contributed by atoms with Gasteiger partial charge in [0.2, 0.25) is 0 Å². The third kappa shape index (κ3) is 4.75. The number of fused-ring (bicyclic) bond motifs is 1. The summed E-state index contributed by atoms with van der Waals surface area (Å²) in [5.74, 6) is -0.480. The van der Waals surface area contributed by atoms with Gasteiger partial charge in [-0.2, -0.15) is 22.8 Å². The molecule has 8 nitrogen and oxygen atoms in total. The Balaban J connectivity index is 1.64. The minimum atomic E-state index is -4.57. The van der Waals surface area contributed by atoms with Gasteiger partial charge in [0.1, 0.15) is 5.69 Å². The predicted molar refractivity (Wildman–Crippen MR) is 133 cm³/mol. The zero-order chi connectivity index (χ0) is 27.0. The lowest BCUT2D eigenvalue weighted by molar-refractivity contribution is -0.141. The Kier molecular flexibility index (Phi) is 6.45. The molecular weight excluding hydrogens is 523 g/mol. The van der Waals surface area contributed by atoms with E-state index in [1.54, 1.807) is 48.5 Å². The Morgan fingerprint density at radius 2 is 1.66 bits per heavy atom. The summed E-state index contributed by atoms with van der Waals surface area (Å²) >= 11 is 6.09. The smallest absolute Gasteiger partial charge is 0.433 e. The molecule has 2 aromatic carbocycles. The molecule has 0 bridgehead atoms. The van der Waals surface area contributed by atoms with E-state index in [-0.39, 0.29) is 12.2 Å².